The summed E-state index contributed by atoms with van der Waals surface area (Å²) in [6.45, 7) is 5.08. The van der Waals surface area contributed by atoms with Crippen molar-refractivity contribution in [2.75, 3.05) is 6.54 Å². The lowest BCUT2D eigenvalue weighted by atomic mass is 9.77. The van der Waals surface area contributed by atoms with E-state index in [1.165, 1.54) is 32.1 Å². The van der Waals surface area contributed by atoms with Crippen molar-refractivity contribution < 1.29 is 4.74 Å². The summed E-state index contributed by atoms with van der Waals surface area (Å²) in [6, 6.07) is 0. The molecule has 1 heterocycles. The third-order valence-corrected chi connectivity index (χ3v) is 4.05. The van der Waals surface area contributed by atoms with Crippen LogP contribution in [-0.2, 0) is 4.74 Å². The van der Waals surface area contributed by atoms with Crippen LogP contribution >= 0.6 is 0 Å². The normalized spacial score (nSPS) is 43.9. The Morgan fingerprint density at radius 3 is 2.29 bits per heavy atom. The van der Waals surface area contributed by atoms with Gasteiger partial charge in [-0.15, -0.1) is 0 Å². The van der Waals surface area contributed by atoms with E-state index in [0.717, 1.165) is 12.3 Å². The summed E-state index contributed by atoms with van der Waals surface area (Å²) in [5.74, 6) is 0.931. The second-order valence-electron chi connectivity index (χ2n) is 5.71. The summed E-state index contributed by atoms with van der Waals surface area (Å²) >= 11 is 0. The predicted molar refractivity (Wildman–Crippen MR) is 58.1 cm³/mol. The largest absolute Gasteiger partial charge is 0.368 e. The van der Waals surface area contributed by atoms with E-state index in [9.17, 15) is 0 Å². The van der Waals surface area contributed by atoms with Crippen LogP contribution in [-0.4, -0.2) is 17.7 Å². The summed E-state index contributed by atoms with van der Waals surface area (Å²) in [5.41, 5.74) is 5.82. The Balaban J connectivity index is 1.90. The molecular weight excluding hydrogens is 174 g/mol. The van der Waals surface area contributed by atoms with Gasteiger partial charge in [0.2, 0.25) is 0 Å². The molecule has 2 rings (SSSR count). The fourth-order valence-corrected chi connectivity index (χ4v) is 2.82. The average Bonchev–Trinajstić information content (AvgIpc) is 2.38. The van der Waals surface area contributed by atoms with Crippen LogP contribution in [0.5, 0.6) is 0 Å². The number of rotatable bonds is 3. The molecule has 0 radical (unpaired) electrons. The van der Waals surface area contributed by atoms with Crippen molar-refractivity contribution in [3.8, 4) is 0 Å². The molecule has 1 saturated heterocycles. The zero-order valence-electron chi connectivity index (χ0n) is 9.51. The van der Waals surface area contributed by atoms with E-state index < -0.39 is 0 Å². The number of hydrogen-bond donors (Lipinski definition) is 1. The van der Waals surface area contributed by atoms with E-state index in [2.05, 4.69) is 13.8 Å². The summed E-state index contributed by atoms with van der Waals surface area (Å²) in [5, 5.41) is 0. The molecule has 2 atom stereocenters. The van der Waals surface area contributed by atoms with Crippen molar-refractivity contribution in [3.05, 3.63) is 0 Å². The highest BCUT2D eigenvalue weighted by Crippen LogP contribution is 2.44. The Hall–Kier alpha value is -0.0800. The highest BCUT2D eigenvalue weighted by Gasteiger charge is 2.44. The smallest absolute Gasteiger partial charge is 0.0784 e. The maximum atomic E-state index is 6.17. The van der Waals surface area contributed by atoms with Crippen molar-refractivity contribution in [2.24, 2.45) is 11.7 Å². The van der Waals surface area contributed by atoms with Crippen LogP contribution in [0.3, 0.4) is 0 Å². The van der Waals surface area contributed by atoms with Crippen molar-refractivity contribution >= 4 is 0 Å². The van der Waals surface area contributed by atoms with Gasteiger partial charge in [0.25, 0.3) is 0 Å². The molecule has 2 unspecified atom stereocenters. The standard InChI is InChI=1S/C12H23NO/c1-11(8-10-4-3-5-10)6-7-12(2,9-13)14-11/h10H,3-9,13H2,1-2H3. The highest BCUT2D eigenvalue weighted by atomic mass is 16.5. The van der Waals surface area contributed by atoms with Gasteiger partial charge in [-0.2, -0.15) is 0 Å². The molecular formula is C12H23NO. The molecule has 0 aromatic carbocycles. The van der Waals surface area contributed by atoms with E-state index >= 15 is 0 Å². The molecule has 2 heteroatoms. The lowest BCUT2D eigenvalue weighted by Gasteiger charge is -2.36. The van der Waals surface area contributed by atoms with Crippen LogP contribution in [0.15, 0.2) is 0 Å². The lowest BCUT2D eigenvalue weighted by Crippen LogP contribution is -2.39. The SMILES string of the molecule is CC1(CN)CCC(C)(CC2CCC2)O1. The van der Waals surface area contributed by atoms with Gasteiger partial charge in [0.1, 0.15) is 0 Å². The van der Waals surface area contributed by atoms with Gasteiger partial charge in [-0.05, 0) is 39.0 Å². The van der Waals surface area contributed by atoms with E-state index in [4.69, 9.17) is 10.5 Å². The maximum Gasteiger partial charge on any atom is 0.0784 e. The molecule has 82 valence electrons. The van der Waals surface area contributed by atoms with Crippen molar-refractivity contribution in [1.82, 2.24) is 0 Å². The first-order valence-corrected chi connectivity index (χ1v) is 5.96. The Kier molecular flexibility index (Phi) is 2.61. The molecule has 2 fully saturated rings. The number of hydrogen-bond acceptors (Lipinski definition) is 2. The first-order chi connectivity index (χ1) is 6.55. The van der Waals surface area contributed by atoms with Gasteiger partial charge in [0, 0.05) is 6.54 Å². The van der Waals surface area contributed by atoms with Gasteiger partial charge in [0.15, 0.2) is 0 Å². The van der Waals surface area contributed by atoms with E-state index in [1.807, 2.05) is 0 Å². The van der Waals surface area contributed by atoms with E-state index in [0.29, 0.717) is 6.54 Å². The van der Waals surface area contributed by atoms with Gasteiger partial charge in [-0.3, -0.25) is 0 Å². The average molecular weight is 197 g/mol. The van der Waals surface area contributed by atoms with Crippen molar-refractivity contribution in [1.29, 1.82) is 0 Å². The molecule has 2 aliphatic rings. The molecule has 1 aliphatic heterocycles. The predicted octanol–water partition coefficient (Wildman–Crippen LogP) is 2.46. The minimum absolute atomic E-state index is 0.0432. The fourth-order valence-electron chi connectivity index (χ4n) is 2.82. The molecule has 0 aromatic heterocycles. The molecule has 0 spiro atoms. The fraction of sp³-hybridized carbons (Fsp3) is 1.00. The summed E-state index contributed by atoms with van der Waals surface area (Å²) in [6.07, 6.45) is 7.83. The van der Waals surface area contributed by atoms with E-state index in [-0.39, 0.29) is 11.2 Å². The Morgan fingerprint density at radius 2 is 1.86 bits per heavy atom. The first kappa shape index (κ1) is 10.4. The number of nitrogens with two attached hydrogens (primary N) is 1. The van der Waals surface area contributed by atoms with Crippen LogP contribution in [0.25, 0.3) is 0 Å². The van der Waals surface area contributed by atoms with Crippen LogP contribution < -0.4 is 5.73 Å². The van der Waals surface area contributed by atoms with Gasteiger partial charge in [-0.25, -0.2) is 0 Å². The van der Waals surface area contributed by atoms with Crippen LogP contribution in [0.1, 0.15) is 52.4 Å². The molecule has 0 aromatic rings. The first-order valence-electron chi connectivity index (χ1n) is 5.96. The van der Waals surface area contributed by atoms with Crippen molar-refractivity contribution in [3.63, 3.8) is 0 Å². The molecule has 0 amide bonds. The molecule has 2 N–H and O–H groups in total. The topological polar surface area (TPSA) is 35.2 Å². The van der Waals surface area contributed by atoms with Crippen molar-refractivity contribution in [2.45, 2.75) is 63.6 Å². The second kappa shape index (κ2) is 3.49. The lowest BCUT2D eigenvalue weighted by molar-refractivity contribution is -0.0947. The molecule has 1 saturated carbocycles. The summed E-state index contributed by atoms with van der Waals surface area (Å²) in [4.78, 5) is 0. The highest BCUT2D eigenvalue weighted by molar-refractivity contribution is 4.95. The minimum Gasteiger partial charge on any atom is -0.368 e. The van der Waals surface area contributed by atoms with Gasteiger partial charge in [0.05, 0.1) is 11.2 Å². The zero-order valence-corrected chi connectivity index (χ0v) is 9.51. The molecule has 0 bridgehead atoms. The summed E-state index contributed by atoms with van der Waals surface area (Å²) in [7, 11) is 0. The number of ether oxygens (including phenoxy) is 1. The van der Waals surface area contributed by atoms with Crippen LogP contribution in [0, 0.1) is 5.92 Å². The van der Waals surface area contributed by atoms with Gasteiger partial charge >= 0.3 is 0 Å². The third-order valence-electron chi connectivity index (χ3n) is 4.05. The molecule has 14 heavy (non-hydrogen) atoms. The van der Waals surface area contributed by atoms with Crippen LogP contribution in [0.4, 0.5) is 0 Å². The van der Waals surface area contributed by atoms with Gasteiger partial charge < -0.3 is 10.5 Å². The Bertz CT molecular complexity index is 214. The monoisotopic (exact) mass is 197 g/mol. The summed E-state index contributed by atoms with van der Waals surface area (Å²) < 4.78 is 6.17. The Morgan fingerprint density at radius 1 is 1.21 bits per heavy atom. The van der Waals surface area contributed by atoms with Gasteiger partial charge in [-0.1, -0.05) is 19.3 Å². The van der Waals surface area contributed by atoms with Crippen LogP contribution in [0.2, 0.25) is 0 Å². The maximum absolute atomic E-state index is 6.17. The van der Waals surface area contributed by atoms with E-state index in [1.54, 1.807) is 0 Å². The minimum atomic E-state index is -0.0432. The molecule has 2 nitrogen and oxygen atoms in total. The Labute approximate surface area is 87.2 Å². The third kappa shape index (κ3) is 1.96. The zero-order chi connectivity index (χ0) is 10.2. The molecule has 1 aliphatic carbocycles. The quantitative estimate of drug-likeness (QED) is 0.754. The second-order valence-corrected chi connectivity index (χ2v) is 5.71.